The minimum atomic E-state index is -1.31. The minimum Gasteiger partial charge on any atom is -0.396 e. The normalized spacial score (nSPS) is 51.8. The lowest BCUT2D eigenvalue weighted by molar-refractivity contribution is -0.408. The van der Waals surface area contributed by atoms with Crippen molar-refractivity contribution < 1.29 is 29.5 Å². The van der Waals surface area contributed by atoms with Gasteiger partial charge in [0.2, 0.25) is 0 Å². The summed E-state index contributed by atoms with van der Waals surface area (Å²) in [7, 11) is 0. The largest absolute Gasteiger partial charge is 0.396 e. The molecular weight excluding hydrogens is 312 g/mol. The first kappa shape index (κ1) is 18.5. The lowest BCUT2D eigenvalue weighted by atomic mass is 9.58. The highest BCUT2D eigenvalue weighted by molar-refractivity contribution is 5.06. The molecular formula is C18H32O6. The van der Waals surface area contributed by atoms with Gasteiger partial charge in [-0.1, -0.05) is 13.8 Å². The maximum absolute atomic E-state index is 11.7. The van der Waals surface area contributed by atoms with Crippen LogP contribution in [0, 0.1) is 23.7 Å². The average Bonchev–Trinajstić information content (AvgIpc) is 2.61. The van der Waals surface area contributed by atoms with Crippen LogP contribution in [0.2, 0.25) is 0 Å². The molecule has 8 unspecified atom stereocenters. The van der Waals surface area contributed by atoms with E-state index in [9.17, 15) is 10.2 Å². The smallest absolute Gasteiger partial charge is 0.193 e. The van der Waals surface area contributed by atoms with Crippen LogP contribution in [0.25, 0.3) is 0 Å². The quantitative estimate of drug-likeness (QED) is 0.672. The number of hydrogen-bond donors (Lipinski definition) is 3. The first-order valence-corrected chi connectivity index (χ1v) is 9.30. The van der Waals surface area contributed by atoms with Crippen LogP contribution in [-0.2, 0) is 14.2 Å². The molecule has 3 N–H and O–H groups in total. The predicted molar refractivity (Wildman–Crippen MR) is 86.8 cm³/mol. The van der Waals surface area contributed by atoms with Gasteiger partial charge >= 0.3 is 0 Å². The third-order valence-corrected chi connectivity index (χ3v) is 6.37. The van der Waals surface area contributed by atoms with Gasteiger partial charge in [0, 0.05) is 24.9 Å². The van der Waals surface area contributed by atoms with Crippen LogP contribution < -0.4 is 0 Å². The van der Waals surface area contributed by atoms with Crippen molar-refractivity contribution in [2.75, 3.05) is 13.2 Å². The van der Waals surface area contributed by atoms with Crippen molar-refractivity contribution in [3.63, 3.8) is 0 Å². The Kier molecular flexibility index (Phi) is 5.27. The first-order chi connectivity index (χ1) is 11.3. The molecule has 6 heteroatoms. The van der Waals surface area contributed by atoms with Crippen molar-refractivity contribution in [3.8, 4) is 0 Å². The molecule has 2 saturated heterocycles. The van der Waals surface area contributed by atoms with Crippen LogP contribution >= 0.6 is 0 Å². The van der Waals surface area contributed by atoms with Crippen LogP contribution in [0.4, 0.5) is 0 Å². The van der Waals surface area contributed by atoms with Crippen molar-refractivity contribution in [1.29, 1.82) is 0 Å². The van der Waals surface area contributed by atoms with Crippen LogP contribution in [0.1, 0.15) is 52.9 Å². The summed E-state index contributed by atoms with van der Waals surface area (Å²) in [4.78, 5) is 0. The molecule has 3 rings (SSSR count). The Bertz CT molecular complexity index is 441. The van der Waals surface area contributed by atoms with Gasteiger partial charge < -0.3 is 29.5 Å². The van der Waals surface area contributed by atoms with E-state index in [0.717, 1.165) is 19.3 Å². The molecule has 1 saturated carbocycles. The summed E-state index contributed by atoms with van der Waals surface area (Å²) in [5.74, 6) is -0.833. The van der Waals surface area contributed by atoms with E-state index >= 15 is 0 Å². The molecule has 2 aliphatic heterocycles. The fraction of sp³-hybridized carbons (Fsp3) is 1.00. The van der Waals surface area contributed by atoms with E-state index in [-0.39, 0.29) is 24.4 Å². The molecule has 6 nitrogen and oxygen atoms in total. The van der Waals surface area contributed by atoms with E-state index < -0.39 is 24.0 Å². The number of ether oxygens (including phenoxy) is 3. The van der Waals surface area contributed by atoms with Crippen molar-refractivity contribution in [2.45, 2.75) is 76.8 Å². The Morgan fingerprint density at radius 3 is 2.58 bits per heavy atom. The number of hydrogen-bond acceptors (Lipinski definition) is 6. The third-order valence-electron chi connectivity index (χ3n) is 6.37. The fourth-order valence-corrected chi connectivity index (χ4v) is 4.99. The lowest BCUT2D eigenvalue weighted by Gasteiger charge is -2.57. The van der Waals surface area contributed by atoms with Crippen LogP contribution in [0.15, 0.2) is 0 Å². The Labute approximate surface area is 144 Å². The lowest BCUT2D eigenvalue weighted by Crippen LogP contribution is -2.67. The summed E-state index contributed by atoms with van der Waals surface area (Å²) in [5.41, 5.74) is -1.09. The Morgan fingerprint density at radius 1 is 1.12 bits per heavy atom. The van der Waals surface area contributed by atoms with Crippen molar-refractivity contribution >= 4 is 0 Å². The van der Waals surface area contributed by atoms with Crippen LogP contribution in [-0.4, -0.2) is 52.5 Å². The summed E-state index contributed by atoms with van der Waals surface area (Å²) in [5, 5.41) is 31.1. The maximum atomic E-state index is 11.7. The number of aliphatic hydroxyl groups is 3. The molecule has 0 aromatic carbocycles. The van der Waals surface area contributed by atoms with Gasteiger partial charge in [0.1, 0.15) is 5.60 Å². The summed E-state index contributed by atoms with van der Waals surface area (Å²) >= 11 is 0. The van der Waals surface area contributed by atoms with Gasteiger partial charge in [-0.15, -0.1) is 0 Å². The van der Waals surface area contributed by atoms with Gasteiger partial charge in [-0.2, -0.15) is 0 Å². The van der Waals surface area contributed by atoms with Crippen LogP contribution in [0.3, 0.4) is 0 Å². The molecule has 3 aliphatic rings. The molecule has 0 bridgehead atoms. The van der Waals surface area contributed by atoms with Gasteiger partial charge in [-0.05, 0) is 44.4 Å². The second-order valence-corrected chi connectivity index (χ2v) is 8.13. The van der Waals surface area contributed by atoms with Crippen LogP contribution in [0.5, 0.6) is 0 Å². The molecule has 0 aromatic rings. The van der Waals surface area contributed by atoms with Crippen molar-refractivity contribution in [1.82, 2.24) is 0 Å². The zero-order chi connectivity index (χ0) is 17.5. The summed E-state index contributed by atoms with van der Waals surface area (Å²) in [6.07, 6.45) is 2.34. The first-order valence-electron chi connectivity index (χ1n) is 9.30. The summed E-state index contributed by atoms with van der Waals surface area (Å²) in [6, 6.07) is 0. The van der Waals surface area contributed by atoms with Gasteiger partial charge in [0.05, 0.1) is 6.61 Å². The van der Waals surface area contributed by atoms with E-state index in [0.29, 0.717) is 25.4 Å². The van der Waals surface area contributed by atoms with Gasteiger partial charge in [0.15, 0.2) is 18.4 Å². The van der Waals surface area contributed by atoms with Crippen molar-refractivity contribution in [2.24, 2.45) is 23.7 Å². The van der Waals surface area contributed by atoms with Gasteiger partial charge in [-0.25, -0.2) is 0 Å². The Balaban J connectivity index is 1.88. The third kappa shape index (κ3) is 3.13. The zero-order valence-electron chi connectivity index (χ0n) is 15.0. The topological polar surface area (TPSA) is 88.4 Å². The highest BCUT2D eigenvalue weighted by Gasteiger charge is 2.63. The van der Waals surface area contributed by atoms with E-state index in [1.54, 1.807) is 6.92 Å². The average molecular weight is 344 g/mol. The summed E-state index contributed by atoms with van der Waals surface area (Å²) < 4.78 is 17.6. The Hall–Kier alpha value is -0.240. The van der Waals surface area contributed by atoms with E-state index in [1.165, 1.54) is 0 Å². The predicted octanol–water partition coefficient (Wildman–Crippen LogP) is 1.62. The Morgan fingerprint density at radius 2 is 1.88 bits per heavy atom. The van der Waals surface area contributed by atoms with Crippen molar-refractivity contribution in [3.05, 3.63) is 0 Å². The highest BCUT2D eigenvalue weighted by Crippen LogP contribution is 2.55. The molecule has 0 amide bonds. The zero-order valence-corrected chi connectivity index (χ0v) is 15.0. The molecule has 140 valence electrons. The fourth-order valence-electron chi connectivity index (χ4n) is 4.99. The molecule has 2 heterocycles. The van der Waals surface area contributed by atoms with Gasteiger partial charge in [-0.3, -0.25) is 0 Å². The number of aliphatic hydroxyl groups excluding tert-OH is 1. The summed E-state index contributed by atoms with van der Waals surface area (Å²) in [6.45, 7) is 6.34. The van der Waals surface area contributed by atoms with E-state index in [1.807, 2.05) is 0 Å². The maximum Gasteiger partial charge on any atom is 0.193 e. The monoisotopic (exact) mass is 344 g/mol. The molecule has 0 spiro atoms. The molecule has 1 aliphatic carbocycles. The van der Waals surface area contributed by atoms with E-state index in [4.69, 9.17) is 19.3 Å². The molecule has 8 atom stereocenters. The SMILES string of the molecule is CC1CCC2C(C)C(OCCCO)OC3OC(C)(O)CCC1C32O. The minimum absolute atomic E-state index is 0.0190. The highest BCUT2D eigenvalue weighted by atomic mass is 16.8. The molecule has 3 fully saturated rings. The molecule has 24 heavy (non-hydrogen) atoms. The second kappa shape index (κ2) is 6.82. The molecule has 0 radical (unpaired) electrons. The van der Waals surface area contributed by atoms with Gasteiger partial charge in [0.25, 0.3) is 0 Å². The van der Waals surface area contributed by atoms with E-state index in [2.05, 4.69) is 13.8 Å². The molecule has 0 aromatic heterocycles. The number of rotatable bonds is 4. The standard InChI is InChI=1S/C18H32O6/c1-11-5-6-14-12(2)15(22-10-4-9-19)23-16-18(14,21)13(11)7-8-17(3,20)24-16/h11-16,19-21H,4-10H2,1-3H3. The second-order valence-electron chi connectivity index (χ2n) is 8.13.